The van der Waals surface area contributed by atoms with Crippen molar-refractivity contribution in [1.82, 2.24) is 10.7 Å². The lowest BCUT2D eigenvalue weighted by Gasteiger charge is -2.23. The number of hydrogen-bond acceptors (Lipinski definition) is 7. The van der Waals surface area contributed by atoms with Crippen molar-refractivity contribution in [3.63, 3.8) is 0 Å². The van der Waals surface area contributed by atoms with Gasteiger partial charge in [0.15, 0.2) is 0 Å². The number of hydrogen-bond donors (Lipinski definition) is 3. The van der Waals surface area contributed by atoms with Gasteiger partial charge in [0.1, 0.15) is 11.3 Å². The Morgan fingerprint density at radius 2 is 2.11 bits per heavy atom. The lowest BCUT2D eigenvalue weighted by molar-refractivity contribution is -0.384. The molecule has 0 fully saturated rings. The maximum atomic E-state index is 11.8. The normalized spacial score (nSPS) is 17.8. The molecule has 10 heteroatoms. The summed E-state index contributed by atoms with van der Waals surface area (Å²) in [4.78, 5) is 34.2. The summed E-state index contributed by atoms with van der Waals surface area (Å²) in [6, 6.07) is 4.63. The minimum atomic E-state index is -0.649. The molecular formula is C18H25N5O5. The quantitative estimate of drug-likeness (QED) is 0.401. The van der Waals surface area contributed by atoms with Crippen molar-refractivity contribution in [3.05, 3.63) is 33.9 Å². The third-order valence-corrected chi connectivity index (χ3v) is 3.85. The molecule has 1 aromatic carbocycles. The molecule has 2 amide bonds. The predicted molar refractivity (Wildman–Crippen MR) is 104 cm³/mol. The van der Waals surface area contributed by atoms with Crippen molar-refractivity contribution in [2.75, 3.05) is 5.32 Å². The molecule has 0 bridgehead atoms. The van der Waals surface area contributed by atoms with Gasteiger partial charge in [0.05, 0.1) is 16.8 Å². The average Bonchev–Trinajstić information content (AvgIpc) is 2.53. The van der Waals surface area contributed by atoms with Gasteiger partial charge in [0, 0.05) is 24.0 Å². The molecule has 152 valence electrons. The van der Waals surface area contributed by atoms with Gasteiger partial charge in [-0.15, -0.1) is 0 Å². The number of benzene rings is 1. The Balaban J connectivity index is 2.18. The molecule has 0 saturated carbocycles. The topological polar surface area (TPSA) is 135 Å². The van der Waals surface area contributed by atoms with Crippen LogP contribution in [0.2, 0.25) is 0 Å². The molecule has 10 nitrogen and oxygen atoms in total. The van der Waals surface area contributed by atoms with Crippen LogP contribution in [0.1, 0.15) is 46.6 Å². The summed E-state index contributed by atoms with van der Waals surface area (Å²) >= 11 is 0. The first-order valence-electron chi connectivity index (χ1n) is 8.87. The summed E-state index contributed by atoms with van der Waals surface area (Å²) in [7, 11) is 0. The molecule has 1 heterocycles. The van der Waals surface area contributed by atoms with Gasteiger partial charge >= 0.3 is 6.09 Å². The Labute approximate surface area is 162 Å². The van der Waals surface area contributed by atoms with Gasteiger partial charge in [-0.05, 0) is 33.8 Å². The summed E-state index contributed by atoms with van der Waals surface area (Å²) in [5.74, 6) is -0.342. The van der Waals surface area contributed by atoms with Crippen molar-refractivity contribution in [2.45, 2.75) is 52.8 Å². The van der Waals surface area contributed by atoms with Crippen LogP contribution < -0.4 is 16.1 Å². The van der Waals surface area contributed by atoms with Crippen LogP contribution in [0.15, 0.2) is 23.3 Å². The number of anilines is 1. The second-order valence-corrected chi connectivity index (χ2v) is 7.64. The van der Waals surface area contributed by atoms with E-state index in [4.69, 9.17) is 4.74 Å². The van der Waals surface area contributed by atoms with E-state index in [1.165, 1.54) is 6.07 Å². The number of nitrogens with zero attached hydrogens (tertiary/aromatic N) is 2. The highest BCUT2D eigenvalue weighted by atomic mass is 16.6. The highest BCUT2D eigenvalue weighted by molar-refractivity contribution is 6.06. The molecule has 2 rings (SSSR count). The van der Waals surface area contributed by atoms with Gasteiger partial charge in [-0.25, -0.2) is 10.2 Å². The number of nitro benzene ring substituents is 1. The van der Waals surface area contributed by atoms with Crippen molar-refractivity contribution in [3.8, 4) is 0 Å². The van der Waals surface area contributed by atoms with E-state index in [0.717, 1.165) is 0 Å². The van der Waals surface area contributed by atoms with E-state index >= 15 is 0 Å². The van der Waals surface area contributed by atoms with E-state index < -0.39 is 22.8 Å². The number of amides is 2. The van der Waals surface area contributed by atoms with Gasteiger partial charge in [0.2, 0.25) is 5.91 Å². The van der Waals surface area contributed by atoms with E-state index in [1.807, 2.05) is 6.92 Å². The maximum Gasteiger partial charge on any atom is 0.409 e. The van der Waals surface area contributed by atoms with Crippen molar-refractivity contribution in [2.24, 2.45) is 11.0 Å². The molecular weight excluding hydrogens is 366 g/mol. The Bertz CT molecular complexity index is 815. The van der Waals surface area contributed by atoms with Crippen LogP contribution in [0, 0.1) is 16.0 Å². The van der Waals surface area contributed by atoms with Crippen LogP contribution in [0.3, 0.4) is 0 Å². The molecule has 0 radical (unpaired) electrons. The van der Waals surface area contributed by atoms with Crippen molar-refractivity contribution in [1.29, 1.82) is 0 Å². The first-order chi connectivity index (χ1) is 13.0. The third-order valence-electron chi connectivity index (χ3n) is 3.85. The van der Waals surface area contributed by atoms with Crippen molar-refractivity contribution >= 4 is 29.1 Å². The van der Waals surface area contributed by atoms with E-state index in [9.17, 15) is 19.7 Å². The summed E-state index contributed by atoms with van der Waals surface area (Å²) in [5.41, 5.74) is 2.96. The molecule has 0 aliphatic carbocycles. The SMILES string of the molecule is CC(NC(=O)OC(C)(C)C)Nc1ccc(C2=NNC(=O)CC2C)cc1[N+](=O)[O-]. The summed E-state index contributed by atoms with van der Waals surface area (Å²) in [6.07, 6.45) is -0.971. The number of carbonyl (C=O) groups is 2. The minimum absolute atomic E-state index is 0.153. The number of carbonyl (C=O) groups excluding carboxylic acids is 2. The molecule has 1 aromatic rings. The smallest absolute Gasteiger partial charge is 0.409 e. The largest absolute Gasteiger partial charge is 0.444 e. The third kappa shape index (κ3) is 5.66. The molecule has 2 unspecified atom stereocenters. The number of nitrogens with one attached hydrogen (secondary N) is 3. The van der Waals surface area contributed by atoms with Gasteiger partial charge < -0.3 is 15.4 Å². The van der Waals surface area contributed by atoms with Gasteiger partial charge in [-0.2, -0.15) is 5.10 Å². The zero-order chi connectivity index (χ0) is 21.1. The van der Waals surface area contributed by atoms with Crippen LogP contribution in [0.4, 0.5) is 16.2 Å². The Morgan fingerprint density at radius 3 is 2.68 bits per heavy atom. The average molecular weight is 391 g/mol. The fourth-order valence-corrected chi connectivity index (χ4v) is 2.72. The fraction of sp³-hybridized carbons (Fsp3) is 0.500. The highest BCUT2D eigenvalue weighted by Crippen LogP contribution is 2.28. The Hall–Kier alpha value is -3.17. The standard InChI is InChI=1S/C18H25N5O5/c1-10-8-15(24)21-22-16(10)12-6-7-13(14(9-12)23(26)27)19-11(2)20-17(25)28-18(3,4)5/h6-7,9-11,19H,8H2,1-5H3,(H,20,25)(H,21,24). The molecule has 0 spiro atoms. The highest BCUT2D eigenvalue weighted by Gasteiger charge is 2.25. The van der Waals surface area contributed by atoms with Crippen LogP contribution in [0.25, 0.3) is 0 Å². The Kier molecular flexibility index (Phi) is 6.22. The molecule has 1 aliphatic heterocycles. The minimum Gasteiger partial charge on any atom is -0.444 e. The van der Waals surface area contributed by atoms with Gasteiger partial charge in [-0.3, -0.25) is 14.9 Å². The number of hydrazone groups is 1. The number of ether oxygens (including phenoxy) is 1. The molecule has 1 aliphatic rings. The molecule has 0 saturated heterocycles. The van der Waals surface area contributed by atoms with Crippen LogP contribution in [-0.2, 0) is 9.53 Å². The van der Waals surface area contributed by atoms with E-state index in [-0.39, 0.29) is 29.6 Å². The van der Waals surface area contributed by atoms with Crippen LogP contribution >= 0.6 is 0 Å². The van der Waals surface area contributed by atoms with Crippen molar-refractivity contribution < 1.29 is 19.2 Å². The molecule has 2 atom stereocenters. The zero-order valence-electron chi connectivity index (χ0n) is 16.5. The molecule has 3 N–H and O–H groups in total. The number of nitro groups is 1. The number of rotatable bonds is 5. The first kappa shape index (κ1) is 21.1. The van der Waals surface area contributed by atoms with E-state index in [0.29, 0.717) is 11.3 Å². The summed E-state index contributed by atoms with van der Waals surface area (Å²) in [6.45, 7) is 8.70. The summed E-state index contributed by atoms with van der Waals surface area (Å²) < 4.78 is 5.17. The number of alkyl carbamates (subject to hydrolysis) is 1. The van der Waals surface area contributed by atoms with Gasteiger partial charge in [-0.1, -0.05) is 13.0 Å². The molecule has 28 heavy (non-hydrogen) atoms. The van der Waals surface area contributed by atoms with Crippen LogP contribution in [0.5, 0.6) is 0 Å². The zero-order valence-corrected chi connectivity index (χ0v) is 16.5. The van der Waals surface area contributed by atoms with E-state index in [2.05, 4.69) is 21.2 Å². The second-order valence-electron chi connectivity index (χ2n) is 7.64. The molecule has 0 aromatic heterocycles. The lowest BCUT2D eigenvalue weighted by Crippen LogP contribution is -2.41. The Morgan fingerprint density at radius 1 is 1.43 bits per heavy atom. The second kappa shape index (κ2) is 8.24. The summed E-state index contributed by atoms with van der Waals surface area (Å²) in [5, 5.41) is 21.0. The monoisotopic (exact) mass is 391 g/mol. The predicted octanol–water partition coefficient (Wildman–Crippen LogP) is 2.74. The first-order valence-corrected chi connectivity index (χ1v) is 8.87. The van der Waals surface area contributed by atoms with Crippen LogP contribution in [-0.4, -0.2) is 34.4 Å². The lowest BCUT2D eigenvalue weighted by atomic mass is 9.93. The van der Waals surface area contributed by atoms with Gasteiger partial charge in [0.25, 0.3) is 5.69 Å². The maximum absolute atomic E-state index is 11.8. The van der Waals surface area contributed by atoms with E-state index in [1.54, 1.807) is 39.8 Å². The fourth-order valence-electron chi connectivity index (χ4n) is 2.72.